The molecule has 0 unspecified atom stereocenters. The summed E-state index contributed by atoms with van der Waals surface area (Å²) in [4.78, 5) is 12.6. The van der Waals surface area contributed by atoms with Crippen LogP contribution in [0.25, 0.3) is 16.9 Å². The molecule has 134 valence electrons. The van der Waals surface area contributed by atoms with E-state index in [0.29, 0.717) is 23.0 Å². The van der Waals surface area contributed by atoms with Crippen LogP contribution in [0, 0.1) is 0 Å². The summed E-state index contributed by atoms with van der Waals surface area (Å²) in [6.07, 6.45) is 0.863. The Bertz CT molecular complexity index is 904. The zero-order valence-corrected chi connectivity index (χ0v) is 15.5. The van der Waals surface area contributed by atoms with Crippen LogP contribution in [0.15, 0.2) is 54.6 Å². The molecule has 3 aromatic rings. The standard InChI is InChI=1S/C20H20ClN3O2/c1-3-11-22-20(25)19-13-18(14-7-9-17(26-2)10-8-14)23-24(19)16-6-4-5-15(21)12-16/h4-10,12-13H,3,11H2,1-2H3,(H,22,25). The number of hydrogen-bond acceptors (Lipinski definition) is 3. The van der Waals surface area contributed by atoms with Gasteiger partial charge in [0, 0.05) is 17.1 Å². The van der Waals surface area contributed by atoms with Crippen molar-refractivity contribution >= 4 is 17.5 Å². The summed E-state index contributed by atoms with van der Waals surface area (Å²) < 4.78 is 6.82. The molecule has 0 spiro atoms. The number of rotatable bonds is 6. The molecule has 3 rings (SSSR count). The van der Waals surface area contributed by atoms with Crippen molar-refractivity contribution in [3.05, 3.63) is 65.3 Å². The lowest BCUT2D eigenvalue weighted by Crippen LogP contribution is -2.26. The molecule has 0 saturated carbocycles. The van der Waals surface area contributed by atoms with Crippen LogP contribution < -0.4 is 10.1 Å². The predicted octanol–water partition coefficient (Wildman–Crippen LogP) is 4.34. The van der Waals surface area contributed by atoms with E-state index in [-0.39, 0.29) is 5.91 Å². The van der Waals surface area contributed by atoms with E-state index < -0.39 is 0 Å². The highest BCUT2D eigenvalue weighted by molar-refractivity contribution is 6.30. The van der Waals surface area contributed by atoms with Gasteiger partial charge in [0.2, 0.25) is 0 Å². The number of nitrogens with zero attached hydrogens (tertiary/aromatic N) is 2. The molecule has 0 radical (unpaired) electrons. The molecule has 6 heteroatoms. The molecule has 1 heterocycles. The van der Waals surface area contributed by atoms with Crippen LogP contribution in [-0.4, -0.2) is 29.3 Å². The third-order valence-electron chi connectivity index (χ3n) is 3.92. The Hall–Kier alpha value is -2.79. The number of halogens is 1. The fourth-order valence-electron chi connectivity index (χ4n) is 2.58. The molecule has 1 N–H and O–H groups in total. The second-order valence-electron chi connectivity index (χ2n) is 5.79. The summed E-state index contributed by atoms with van der Waals surface area (Å²) in [6.45, 7) is 2.62. The summed E-state index contributed by atoms with van der Waals surface area (Å²) in [5.41, 5.74) is 2.80. The average molecular weight is 370 g/mol. The Kier molecular flexibility index (Phi) is 5.58. The van der Waals surface area contributed by atoms with Gasteiger partial charge in [0.05, 0.1) is 18.5 Å². The van der Waals surface area contributed by atoms with Gasteiger partial charge in [0.25, 0.3) is 5.91 Å². The van der Waals surface area contributed by atoms with Crippen molar-refractivity contribution in [2.75, 3.05) is 13.7 Å². The molecule has 0 saturated heterocycles. The van der Waals surface area contributed by atoms with E-state index >= 15 is 0 Å². The van der Waals surface area contributed by atoms with Gasteiger partial charge in [-0.05, 0) is 55.0 Å². The Morgan fingerprint density at radius 1 is 1.19 bits per heavy atom. The largest absolute Gasteiger partial charge is 0.497 e. The van der Waals surface area contributed by atoms with Crippen LogP contribution in [0.4, 0.5) is 0 Å². The van der Waals surface area contributed by atoms with Gasteiger partial charge in [0.15, 0.2) is 0 Å². The first-order chi connectivity index (χ1) is 12.6. The number of nitrogens with one attached hydrogen (secondary N) is 1. The number of ether oxygens (including phenoxy) is 1. The summed E-state index contributed by atoms with van der Waals surface area (Å²) in [5.74, 6) is 0.600. The van der Waals surface area contributed by atoms with Gasteiger partial charge in [-0.3, -0.25) is 4.79 Å². The van der Waals surface area contributed by atoms with Crippen LogP contribution in [0.3, 0.4) is 0 Å². The number of amides is 1. The molecule has 5 nitrogen and oxygen atoms in total. The van der Waals surface area contributed by atoms with Crippen molar-refractivity contribution in [1.29, 1.82) is 0 Å². The molecular weight excluding hydrogens is 350 g/mol. The maximum absolute atomic E-state index is 12.6. The van der Waals surface area contributed by atoms with Gasteiger partial charge in [-0.2, -0.15) is 5.10 Å². The van der Waals surface area contributed by atoms with E-state index in [9.17, 15) is 4.79 Å². The molecule has 0 fully saturated rings. The van der Waals surface area contributed by atoms with Gasteiger partial charge in [-0.15, -0.1) is 0 Å². The Morgan fingerprint density at radius 2 is 1.96 bits per heavy atom. The molecular formula is C20H20ClN3O2. The van der Waals surface area contributed by atoms with Gasteiger partial charge in [-0.25, -0.2) is 4.68 Å². The van der Waals surface area contributed by atoms with Crippen LogP contribution >= 0.6 is 11.6 Å². The van der Waals surface area contributed by atoms with Crippen LogP contribution in [0.1, 0.15) is 23.8 Å². The predicted molar refractivity (Wildman–Crippen MR) is 103 cm³/mol. The first kappa shape index (κ1) is 18.0. The number of carbonyl (C=O) groups excluding carboxylic acids is 1. The Morgan fingerprint density at radius 3 is 2.62 bits per heavy atom. The molecule has 26 heavy (non-hydrogen) atoms. The maximum Gasteiger partial charge on any atom is 0.270 e. The van der Waals surface area contributed by atoms with Crippen molar-refractivity contribution in [2.24, 2.45) is 0 Å². The summed E-state index contributed by atoms with van der Waals surface area (Å²) in [6, 6.07) is 16.6. The molecule has 0 aliphatic heterocycles. The zero-order chi connectivity index (χ0) is 18.5. The number of benzene rings is 2. The van der Waals surface area contributed by atoms with Crippen molar-refractivity contribution in [2.45, 2.75) is 13.3 Å². The molecule has 0 bridgehead atoms. The second kappa shape index (κ2) is 8.06. The van der Waals surface area contributed by atoms with E-state index in [4.69, 9.17) is 16.3 Å². The molecule has 2 aromatic carbocycles. The smallest absolute Gasteiger partial charge is 0.270 e. The fraction of sp³-hybridized carbons (Fsp3) is 0.200. The Labute approximate surface area is 157 Å². The van der Waals surface area contributed by atoms with Gasteiger partial charge in [-0.1, -0.05) is 24.6 Å². The molecule has 0 atom stereocenters. The van der Waals surface area contributed by atoms with Crippen LogP contribution in [-0.2, 0) is 0 Å². The van der Waals surface area contributed by atoms with Gasteiger partial charge in [0.1, 0.15) is 11.4 Å². The van der Waals surface area contributed by atoms with Crippen LogP contribution in [0.2, 0.25) is 5.02 Å². The minimum absolute atomic E-state index is 0.168. The summed E-state index contributed by atoms with van der Waals surface area (Å²) in [5, 5.41) is 8.12. The van der Waals surface area contributed by atoms with E-state index in [1.807, 2.05) is 43.3 Å². The van der Waals surface area contributed by atoms with Crippen molar-refractivity contribution in [1.82, 2.24) is 15.1 Å². The zero-order valence-electron chi connectivity index (χ0n) is 14.7. The molecule has 1 amide bonds. The van der Waals surface area contributed by atoms with Crippen molar-refractivity contribution in [3.63, 3.8) is 0 Å². The van der Waals surface area contributed by atoms with Crippen molar-refractivity contribution in [3.8, 4) is 22.7 Å². The Balaban J connectivity index is 2.05. The fourth-order valence-corrected chi connectivity index (χ4v) is 2.76. The first-order valence-electron chi connectivity index (χ1n) is 8.41. The van der Waals surface area contributed by atoms with E-state index in [2.05, 4.69) is 10.4 Å². The SMILES string of the molecule is CCCNC(=O)c1cc(-c2ccc(OC)cc2)nn1-c1cccc(Cl)c1. The number of methoxy groups -OCH3 is 1. The minimum Gasteiger partial charge on any atom is -0.497 e. The van der Waals surface area contributed by atoms with Gasteiger partial charge >= 0.3 is 0 Å². The van der Waals surface area contributed by atoms with Crippen LogP contribution in [0.5, 0.6) is 5.75 Å². The lowest BCUT2D eigenvalue weighted by atomic mass is 10.1. The van der Waals surface area contributed by atoms with Crippen molar-refractivity contribution < 1.29 is 9.53 Å². The number of aromatic nitrogens is 2. The number of carbonyl (C=O) groups is 1. The van der Waals surface area contributed by atoms with E-state index in [1.54, 1.807) is 30.0 Å². The summed E-state index contributed by atoms with van der Waals surface area (Å²) >= 11 is 6.11. The minimum atomic E-state index is -0.168. The molecule has 1 aromatic heterocycles. The third kappa shape index (κ3) is 3.89. The highest BCUT2D eigenvalue weighted by Gasteiger charge is 2.17. The quantitative estimate of drug-likeness (QED) is 0.703. The highest BCUT2D eigenvalue weighted by atomic mass is 35.5. The molecule has 0 aliphatic carbocycles. The second-order valence-corrected chi connectivity index (χ2v) is 6.23. The number of hydrogen-bond donors (Lipinski definition) is 1. The lowest BCUT2D eigenvalue weighted by molar-refractivity contribution is 0.0946. The monoisotopic (exact) mass is 369 g/mol. The molecule has 0 aliphatic rings. The third-order valence-corrected chi connectivity index (χ3v) is 4.15. The van der Waals surface area contributed by atoms with E-state index in [1.165, 1.54) is 0 Å². The highest BCUT2D eigenvalue weighted by Crippen LogP contribution is 2.25. The average Bonchev–Trinajstić information content (AvgIpc) is 3.12. The van der Waals surface area contributed by atoms with Gasteiger partial charge < -0.3 is 10.1 Å². The lowest BCUT2D eigenvalue weighted by Gasteiger charge is -2.08. The first-order valence-corrected chi connectivity index (χ1v) is 8.79. The topological polar surface area (TPSA) is 56.1 Å². The maximum atomic E-state index is 12.6. The van der Waals surface area contributed by atoms with E-state index in [0.717, 1.165) is 23.4 Å². The normalized spacial score (nSPS) is 10.6. The summed E-state index contributed by atoms with van der Waals surface area (Å²) in [7, 11) is 1.62.